The molecule has 0 heterocycles. The van der Waals surface area contributed by atoms with Crippen LogP contribution in [0.25, 0.3) is 0 Å². The molecule has 0 spiro atoms. The van der Waals surface area contributed by atoms with E-state index in [4.69, 9.17) is 5.11 Å². The third kappa shape index (κ3) is 2.07. The topological polar surface area (TPSA) is 49.3 Å². The normalized spacial score (nSPS) is 44.9. The molecule has 0 saturated heterocycles. The van der Waals surface area contributed by atoms with Gasteiger partial charge < -0.3 is 10.4 Å². The number of nitrogens with one attached hydrogen (secondary N) is 1. The Morgan fingerprint density at radius 2 is 1.56 bits per heavy atom. The molecule has 4 saturated carbocycles. The van der Waals surface area contributed by atoms with Gasteiger partial charge in [-0.25, -0.2) is 0 Å². The van der Waals surface area contributed by atoms with E-state index < -0.39 is 5.97 Å². The van der Waals surface area contributed by atoms with Crippen LogP contribution in [0, 0.1) is 23.7 Å². The Morgan fingerprint density at radius 3 is 1.94 bits per heavy atom. The Balaban J connectivity index is 1.70. The molecule has 4 bridgehead atoms. The molecule has 3 heteroatoms. The van der Waals surface area contributed by atoms with Gasteiger partial charge in [-0.2, -0.15) is 0 Å². The van der Waals surface area contributed by atoms with Gasteiger partial charge in [0.05, 0.1) is 5.92 Å². The van der Waals surface area contributed by atoms with Crippen molar-refractivity contribution in [2.45, 2.75) is 64.0 Å². The Hall–Kier alpha value is -0.570. The van der Waals surface area contributed by atoms with Crippen LogP contribution in [-0.4, -0.2) is 22.7 Å². The second-order valence-corrected chi connectivity index (χ2v) is 7.26. The highest BCUT2D eigenvalue weighted by molar-refractivity contribution is 5.70. The summed E-state index contributed by atoms with van der Waals surface area (Å²) < 4.78 is 0. The molecule has 4 aliphatic rings. The van der Waals surface area contributed by atoms with Crippen molar-refractivity contribution in [3.05, 3.63) is 0 Å². The molecule has 4 rings (SSSR count). The van der Waals surface area contributed by atoms with Gasteiger partial charge >= 0.3 is 5.97 Å². The van der Waals surface area contributed by atoms with Crippen LogP contribution >= 0.6 is 0 Å². The van der Waals surface area contributed by atoms with Crippen molar-refractivity contribution in [3.63, 3.8) is 0 Å². The van der Waals surface area contributed by atoms with Crippen LogP contribution in [0.2, 0.25) is 0 Å². The van der Waals surface area contributed by atoms with E-state index in [1.807, 2.05) is 13.8 Å². The third-order valence-electron chi connectivity index (χ3n) is 5.71. The highest BCUT2D eigenvalue weighted by atomic mass is 16.4. The molecule has 0 aliphatic heterocycles. The molecule has 4 aliphatic carbocycles. The molecule has 3 nitrogen and oxygen atoms in total. The van der Waals surface area contributed by atoms with E-state index in [-0.39, 0.29) is 17.5 Å². The lowest BCUT2D eigenvalue weighted by molar-refractivity contribution is -0.142. The molecule has 4 fully saturated rings. The summed E-state index contributed by atoms with van der Waals surface area (Å²) >= 11 is 0. The largest absolute Gasteiger partial charge is 0.481 e. The van der Waals surface area contributed by atoms with E-state index in [1.54, 1.807) is 0 Å². The Labute approximate surface area is 109 Å². The minimum atomic E-state index is -0.681. The quantitative estimate of drug-likeness (QED) is 0.807. The van der Waals surface area contributed by atoms with Crippen molar-refractivity contribution in [3.8, 4) is 0 Å². The van der Waals surface area contributed by atoms with Crippen LogP contribution in [0.3, 0.4) is 0 Å². The maximum absolute atomic E-state index is 11.1. The minimum absolute atomic E-state index is 0.0822. The lowest BCUT2D eigenvalue weighted by atomic mass is 9.53. The lowest BCUT2D eigenvalue weighted by Gasteiger charge is -2.58. The van der Waals surface area contributed by atoms with Gasteiger partial charge in [0.25, 0.3) is 0 Å². The second-order valence-electron chi connectivity index (χ2n) is 7.26. The fourth-order valence-corrected chi connectivity index (χ4v) is 5.11. The van der Waals surface area contributed by atoms with Gasteiger partial charge in [0, 0.05) is 11.6 Å². The van der Waals surface area contributed by atoms with E-state index in [9.17, 15) is 4.79 Å². The van der Waals surface area contributed by atoms with Gasteiger partial charge in [-0.1, -0.05) is 6.92 Å². The van der Waals surface area contributed by atoms with Crippen molar-refractivity contribution >= 4 is 5.97 Å². The van der Waals surface area contributed by atoms with Crippen LogP contribution in [0.1, 0.15) is 52.4 Å². The number of carboxylic acids is 1. The van der Waals surface area contributed by atoms with Gasteiger partial charge in [-0.3, -0.25) is 4.79 Å². The summed E-state index contributed by atoms with van der Waals surface area (Å²) in [6.45, 7) is 3.86. The smallest absolute Gasteiger partial charge is 0.307 e. The van der Waals surface area contributed by atoms with E-state index in [1.165, 1.54) is 38.5 Å². The van der Waals surface area contributed by atoms with Crippen molar-refractivity contribution in [1.82, 2.24) is 5.32 Å². The molecule has 0 amide bonds. The number of rotatable bonds is 4. The molecule has 0 aromatic carbocycles. The van der Waals surface area contributed by atoms with Gasteiger partial charge in [0.15, 0.2) is 0 Å². The van der Waals surface area contributed by atoms with Gasteiger partial charge in [0.1, 0.15) is 0 Å². The van der Waals surface area contributed by atoms with Crippen molar-refractivity contribution < 1.29 is 9.90 Å². The van der Waals surface area contributed by atoms with Crippen molar-refractivity contribution in [1.29, 1.82) is 0 Å². The van der Waals surface area contributed by atoms with Gasteiger partial charge in [-0.05, 0) is 63.2 Å². The molecule has 2 atom stereocenters. The summed E-state index contributed by atoms with van der Waals surface area (Å²) in [7, 11) is 0. The Kier molecular flexibility index (Phi) is 2.92. The molecule has 0 aromatic rings. The summed E-state index contributed by atoms with van der Waals surface area (Å²) in [5.41, 5.74) is 0.276. The summed E-state index contributed by atoms with van der Waals surface area (Å²) in [5, 5.41) is 12.9. The van der Waals surface area contributed by atoms with Crippen LogP contribution in [0.15, 0.2) is 0 Å². The monoisotopic (exact) mass is 251 g/mol. The molecule has 0 aromatic heterocycles. The first-order valence-corrected chi connectivity index (χ1v) is 7.48. The predicted octanol–water partition coefficient (Wildman–Crippen LogP) is 2.65. The maximum Gasteiger partial charge on any atom is 0.307 e. The number of aliphatic carboxylic acids is 1. The summed E-state index contributed by atoms with van der Waals surface area (Å²) in [6, 6.07) is 0.0822. The second kappa shape index (κ2) is 4.22. The Morgan fingerprint density at radius 1 is 1.11 bits per heavy atom. The fourth-order valence-electron chi connectivity index (χ4n) is 5.11. The Bertz CT molecular complexity index is 317. The average molecular weight is 251 g/mol. The van der Waals surface area contributed by atoms with Crippen LogP contribution in [0.4, 0.5) is 0 Å². The van der Waals surface area contributed by atoms with Crippen molar-refractivity contribution in [2.75, 3.05) is 0 Å². The predicted molar refractivity (Wildman–Crippen MR) is 70.3 cm³/mol. The third-order valence-corrected chi connectivity index (χ3v) is 5.71. The minimum Gasteiger partial charge on any atom is -0.481 e. The van der Waals surface area contributed by atoms with Crippen LogP contribution in [-0.2, 0) is 4.79 Å². The maximum atomic E-state index is 11.1. The van der Waals surface area contributed by atoms with E-state index in [0.29, 0.717) is 0 Å². The highest BCUT2D eigenvalue weighted by Gasteiger charge is 2.51. The molecule has 2 unspecified atom stereocenters. The first kappa shape index (κ1) is 12.5. The van der Waals surface area contributed by atoms with Crippen molar-refractivity contribution in [2.24, 2.45) is 23.7 Å². The highest BCUT2D eigenvalue weighted by Crippen LogP contribution is 2.55. The summed E-state index contributed by atoms with van der Waals surface area (Å²) in [5.74, 6) is 1.76. The first-order chi connectivity index (χ1) is 8.47. The number of hydrogen-bond acceptors (Lipinski definition) is 2. The van der Waals surface area contributed by atoms with E-state index in [2.05, 4.69) is 5.32 Å². The molecule has 18 heavy (non-hydrogen) atoms. The van der Waals surface area contributed by atoms with Gasteiger partial charge in [0.2, 0.25) is 0 Å². The van der Waals surface area contributed by atoms with E-state index in [0.717, 1.165) is 17.8 Å². The molecule has 102 valence electrons. The first-order valence-electron chi connectivity index (χ1n) is 7.48. The average Bonchev–Trinajstić information content (AvgIpc) is 2.24. The zero-order valence-corrected chi connectivity index (χ0v) is 11.5. The fraction of sp³-hybridized carbons (Fsp3) is 0.933. The van der Waals surface area contributed by atoms with Gasteiger partial charge in [-0.15, -0.1) is 0 Å². The number of carbonyl (C=O) groups is 1. The summed E-state index contributed by atoms with van der Waals surface area (Å²) in [6.07, 6.45) is 8.17. The zero-order valence-electron chi connectivity index (χ0n) is 11.5. The standard InChI is InChI=1S/C15H25NO2/c1-9(14(17)18)10(2)16-15-6-11-3-12(7-15)5-13(4-11)8-15/h9-13,16H,3-8H2,1-2H3,(H,17,18). The SMILES string of the molecule is CC(NC12CC3CC(CC(C3)C1)C2)C(C)C(=O)O. The molecule has 2 N–H and O–H groups in total. The number of hydrogen-bond donors (Lipinski definition) is 2. The van der Waals surface area contributed by atoms with E-state index >= 15 is 0 Å². The number of carboxylic acid groups (broad SMARTS) is 1. The molecule has 0 radical (unpaired) electrons. The van der Waals surface area contributed by atoms with Crippen LogP contribution < -0.4 is 5.32 Å². The summed E-state index contributed by atoms with van der Waals surface area (Å²) in [4.78, 5) is 11.1. The van der Waals surface area contributed by atoms with Crippen LogP contribution in [0.5, 0.6) is 0 Å². The molecular weight excluding hydrogens is 226 g/mol. The lowest BCUT2D eigenvalue weighted by Crippen LogP contribution is -2.61. The zero-order chi connectivity index (χ0) is 12.9. The molecular formula is C15H25NO2.